The highest BCUT2D eigenvalue weighted by atomic mass is 16.5. The fourth-order valence-electron chi connectivity index (χ4n) is 2.99. The monoisotopic (exact) mass is 306 g/mol. The number of rotatable bonds is 7. The molecule has 2 aliphatic carbocycles. The topological polar surface area (TPSA) is 52.6 Å². The van der Waals surface area contributed by atoms with Crippen LogP contribution in [-0.2, 0) is 19.1 Å². The highest BCUT2D eigenvalue weighted by Crippen LogP contribution is 2.24. The van der Waals surface area contributed by atoms with Gasteiger partial charge in [0.05, 0.1) is 0 Å². The first-order valence-corrected chi connectivity index (χ1v) is 8.34. The Morgan fingerprint density at radius 3 is 1.36 bits per heavy atom. The minimum absolute atomic E-state index is 0.0415. The van der Waals surface area contributed by atoms with Gasteiger partial charge in [0.25, 0.3) is 0 Å². The molecule has 0 saturated heterocycles. The van der Waals surface area contributed by atoms with Crippen molar-refractivity contribution in [3.05, 3.63) is 24.3 Å². The Kier molecular flexibility index (Phi) is 6.22. The highest BCUT2D eigenvalue weighted by Gasteiger charge is 2.22. The van der Waals surface area contributed by atoms with Crippen LogP contribution in [0, 0.1) is 0 Å². The average Bonchev–Trinajstić information content (AvgIpc) is 3.17. The lowest BCUT2D eigenvalue weighted by Crippen LogP contribution is -2.18. The van der Waals surface area contributed by atoms with Crippen molar-refractivity contribution in [2.24, 2.45) is 0 Å². The van der Waals surface area contributed by atoms with Crippen molar-refractivity contribution in [2.75, 3.05) is 0 Å². The fourth-order valence-corrected chi connectivity index (χ4v) is 2.99. The van der Waals surface area contributed by atoms with Gasteiger partial charge in [-0.05, 0) is 64.2 Å². The lowest BCUT2D eigenvalue weighted by atomic mass is 10.1. The molecule has 2 saturated carbocycles. The molecule has 0 atom stereocenters. The molecule has 22 heavy (non-hydrogen) atoms. The van der Waals surface area contributed by atoms with Crippen LogP contribution in [0.5, 0.6) is 0 Å². The number of esters is 2. The molecule has 4 heteroatoms. The van der Waals surface area contributed by atoms with Gasteiger partial charge in [-0.1, -0.05) is 13.2 Å². The van der Waals surface area contributed by atoms with Crippen LogP contribution in [0.1, 0.15) is 64.2 Å². The zero-order chi connectivity index (χ0) is 15.9. The Bertz CT molecular complexity index is 398. The fraction of sp³-hybridized carbons (Fsp3) is 0.667. The van der Waals surface area contributed by atoms with E-state index in [2.05, 4.69) is 13.2 Å². The molecule has 0 spiro atoms. The van der Waals surface area contributed by atoms with E-state index in [0.717, 1.165) is 51.4 Å². The van der Waals surface area contributed by atoms with E-state index >= 15 is 0 Å². The normalized spacial score (nSPS) is 19.1. The van der Waals surface area contributed by atoms with Crippen molar-refractivity contribution in [1.82, 2.24) is 0 Å². The Hall–Kier alpha value is -1.58. The molecule has 0 aromatic rings. The zero-order valence-corrected chi connectivity index (χ0v) is 13.3. The molecule has 2 fully saturated rings. The molecular weight excluding hydrogens is 280 g/mol. The number of hydrogen-bond acceptors (Lipinski definition) is 4. The first-order chi connectivity index (χ1) is 10.6. The van der Waals surface area contributed by atoms with Crippen LogP contribution in [0.15, 0.2) is 24.3 Å². The minimum Gasteiger partial charge on any atom is -0.459 e. The van der Waals surface area contributed by atoms with Crippen LogP contribution >= 0.6 is 0 Å². The smallest absolute Gasteiger partial charge is 0.333 e. The molecule has 0 bridgehead atoms. The van der Waals surface area contributed by atoms with Gasteiger partial charge in [-0.25, -0.2) is 9.59 Å². The number of carbonyl (C=O) groups excluding carboxylic acids is 2. The first kappa shape index (κ1) is 16.8. The Balaban J connectivity index is 1.66. The summed E-state index contributed by atoms with van der Waals surface area (Å²) in [5.74, 6) is -0.687. The molecule has 2 aliphatic rings. The highest BCUT2D eigenvalue weighted by molar-refractivity contribution is 5.90. The van der Waals surface area contributed by atoms with Crippen LogP contribution in [-0.4, -0.2) is 24.1 Å². The summed E-state index contributed by atoms with van der Waals surface area (Å²) < 4.78 is 10.8. The molecule has 0 radical (unpaired) electrons. The summed E-state index contributed by atoms with van der Waals surface area (Å²) in [6.45, 7) is 7.53. The lowest BCUT2D eigenvalue weighted by Gasteiger charge is -2.14. The third-order valence-corrected chi connectivity index (χ3v) is 4.46. The van der Waals surface area contributed by atoms with Gasteiger partial charge in [0.1, 0.15) is 12.2 Å². The van der Waals surface area contributed by atoms with E-state index in [0.29, 0.717) is 24.0 Å². The Morgan fingerprint density at radius 2 is 1.05 bits per heavy atom. The molecule has 0 unspecified atom stereocenters. The summed E-state index contributed by atoms with van der Waals surface area (Å²) in [6.07, 6.45) is 9.12. The summed E-state index contributed by atoms with van der Waals surface area (Å²) in [4.78, 5) is 23.8. The molecule has 0 aromatic carbocycles. The van der Waals surface area contributed by atoms with Crippen molar-refractivity contribution in [1.29, 1.82) is 0 Å². The quantitative estimate of drug-likeness (QED) is 0.529. The van der Waals surface area contributed by atoms with Crippen molar-refractivity contribution in [2.45, 2.75) is 76.4 Å². The van der Waals surface area contributed by atoms with Gasteiger partial charge >= 0.3 is 11.9 Å². The maximum Gasteiger partial charge on any atom is 0.333 e. The second kappa shape index (κ2) is 8.16. The van der Waals surface area contributed by atoms with Crippen LogP contribution in [0.4, 0.5) is 0 Å². The van der Waals surface area contributed by atoms with Gasteiger partial charge < -0.3 is 9.47 Å². The van der Waals surface area contributed by atoms with Crippen LogP contribution in [0.2, 0.25) is 0 Å². The summed E-state index contributed by atoms with van der Waals surface area (Å²) in [6, 6.07) is 0. The van der Waals surface area contributed by atoms with Gasteiger partial charge in [-0.15, -0.1) is 0 Å². The molecule has 0 amide bonds. The molecular formula is C18H26O4. The van der Waals surface area contributed by atoms with Gasteiger partial charge in [0.15, 0.2) is 0 Å². The predicted molar refractivity (Wildman–Crippen MR) is 84.2 cm³/mol. The summed E-state index contributed by atoms with van der Waals surface area (Å²) in [5.41, 5.74) is 0.809. The molecule has 4 nitrogen and oxygen atoms in total. The number of carbonyl (C=O) groups is 2. The number of ether oxygens (including phenoxy) is 2. The maximum absolute atomic E-state index is 11.9. The van der Waals surface area contributed by atoms with Crippen molar-refractivity contribution >= 4 is 11.9 Å². The zero-order valence-electron chi connectivity index (χ0n) is 13.3. The summed E-state index contributed by atoms with van der Waals surface area (Å²) in [5, 5.41) is 0. The van der Waals surface area contributed by atoms with Crippen LogP contribution < -0.4 is 0 Å². The summed E-state index contributed by atoms with van der Waals surface area (Å²) >= 11 is 0. The molecule has 0 aliphatic heterocycles. The third-order valence-electron chi connectivity index (χ3n) is 4.46. The third kappa shape index (κ3) is 5.00. The Morgan fingerprint density at radius 1 is 0.727 bits per heavy atom. The van der Waals surface area contributed by atoms with Gasteiger partial charge in [0, 0.05) is 11.1 Å². The minimum atomic E-state index is -0.344. The second-order valence-corrected chi connectivity index (χ2v) is 6.33. The van der Waals surface area contributed by atoms with E-state index in [9.17, 15) is 9.59 Å². The van der Waals surface area contributed by atoms with E-state index < -0.39 is 0 Å². The lowest BCUT2D eigenvalue weighted by molar-refractivity contribution is -0.145. The average molecular weight is 306 g/mol. The van der Waals surface area contributed by atoms with E-state index in [-0.39, 0.29) is 24.1 Å². The molecule has 0 aromatic heterocycles. The standard InChI is InChI=1S/C18H26O4/c1-13(17(19)21-15-7-3-4-8-15)11-12-14(2)18(20)22-16-9-5-6-10-16/h15-16H,1-12H2. The van der Waals surface area contributed by atoms with Gasteiger partial charge in [-0.3, -0.25) is 0 Å². The predicted octanol–water partition coefficient (Wildman–Crippen LogP) is 3.85. The molecule has 2 rings (SSSR count). The van der Waals surface area contributed by atoms with Crippen molar-refractivity contribution < 1.29 is 19.1 Å². The maximum atomic E-state index is 11.9. The SMILES string of the molecule is C=C(CCC(=C)C(=O)OC1CCCC1)C(=O)OC1CCCC1. The van der Waals surface area contributed by atoms with E-state index in [1.807, 2.05) is 0 Å². The second-order valence-electron chi connectivity index (χ2n) is 6.33. The van der Waals surface area contributed by atoms with E-state index in [1.54, 1.807) is 0 Å². The summed E-state index contributed by atoms with van der Waals surface area (Å²) in [7, 11) is 0. The molecule has 122 valence electrons. The van der Waals surface area contributed by atoms with Crippen LogP contribution in [0.3, 0.4) is 0 Å². The Labute approximate surface area is 132 Å². The van der Waals surface area contributed by atoms with Crippen molar-refractivity contribution in [3.8, 4) is 0 Å². The van der Waals surface area contributed by atoms with Crippen molar-refractivity contribution in [3.63, 3.8) is 0 Å². The van der Waals surface area contributed by atoms with Crippen LogP contribution in [0.25, 0.3) is 0 Å². The molecule has 0 heterocycles. The number of hydrogen-bond donors (Lipinski definition) is 0. The van der Waals surface area contributed by atoms with E-state index in [4.69, 9.17) is 9.47 Å². The van der Waals surface area contributed by atoms with Gasteiger partial charge in [0.2, 0.25) is 0 Å². The first-order valence-electron chi connectivity index (χ1n) is 8.34. The largest absolute Gasteiger partial charge is 0.459 e. The van der Waals surface area contributed by atoms with E-state index in [1.165, 1.54) is 0 Å². The molecule has 0 N–H and O–H groups in total. The van der Waals surface area contributed by atoms with Gasteiger partial charge in [-0.2, -0.15) is 0 Å².